The van der Waals surface area contributed by atoms with Crippen LogP contribution in [0.2, 0.25) is 34.8 Å². The Hall–Kier alpha value is -1.30. The highest BCUT2D eigenvalue weighted by Crippen LogP contribution is 2.43. The van der Waals surface area contributed by atoms with E-state index in [0.717, 1.165) is 12.8 Å². The summed E-state index contributed by atoms with van der Waals surface area (Å²) < 4.78 is 19.5. The highest BCUT2D eigenvalue weighted by Gasteiger charge is 2.50. The predicted molar refractivity (Wildman–Crippen MR) is 177 cm³/mol. The summed E-state index contributed by atoms with van der Waals surface area (Å²) >= 11 is 0. The molecule has 7 nitrogen and oxygen atoms in total. The molecule has 5 atom stereocenters. The third kappa shape index (κ3) is 10.4. The summed E-state index contributed by atoms with van der Waals surface area (Å²) in [5.41, 5.74) is 0.841. The van der Waals surface area contributed by atoms with Crippen molar-refractivity contribution in [1.82, 2.24) is 5.32 Å². The second-order valence-corrected chi connectivity index (χ2v) is 25.1. The Kier molecular flexibility index (Phi) is 14.9. The maximum atomic E-state index is 13.8. The monoisotopic (exact) mass is 625 g/mol. The first-order valence-electron chi connectivity index (χ1n) is 16.2. The molecular weight excluding hydrogens is 563 g/mol. The van der Waals surface area contributed by atoms with Crippen LogP contribution in [-0.2, 0) is 28.0 Å². The van der Waals surface area contributed by atoms with Crippen molar-refractivity contribution in [1.29, 1.82) is 0 Å². The lowest BCUT2D eigenvalue weighted by Crippen LogP contribution is -2.54. The largest absolute Gasteiger partial charge is 0.518 e. The molecule has 0 aliphatic carbocycles. The first-order chi connectivity index (χ1) is 19.2. The summed E-state index contributed by atoms with van der Waals surface area (Å²) in [6.45, 7) is 29.9. The second kappa shape index (κ2) is 16.1. The van der Waals surface area contributed by atoms with Crippen LogP contribution in [0.4, 0.5) is 0 Å². The molecule has 1 saturated heterocycles. The molecule has 1 aliphatic rings. The summed E-state index contributed by atoms with van der Waals surface area (Å²) in [7, 11) is -4.69. The summed E-state index contributed by atoms with van der Waals surface area (Å²) in [5.74, 6) is -0.626. The molecule has 0 bridgehead atoms. The molecule has 0 radical (unpaired) electrons. The highest BCUT2D eigenvalue weighted by atomic mass is 28.4. The summed E-state index contributed by atoms with van der Waals surface area (Å²) in [5, 5.41) is 3.01. The van der Waals surface area contributed by atoms with Gasteiger partial charge in [0.05, 0.1) is 30.7 Å². The highest BCUT2D eigenvalue weighted by molar-refractivity contribution is 6.79. The summed E-state index contributed by atoms with van der Waals surface area (Å²) in [6.07, 6.45) is 4.69. The number of carbonyl (C=O) groups excluding carboxylic acids is 3. The zero-order chi connectivity index (χ0) is 32.6. The van der Waals surface area contributed by atoms with Crippen LogP contribution in [-0.4, -0.2) is 59.2 Å². The number of amides is 1. The molecule has 0 saturated carbocycles. The molecule has 0 aromatic rings. The van der Waals surface area contributed by atoms with Crippen LogP contribution in [0, 0.1) is 11.8 Å². The first-order valence-corrected chi connectivity index (χ1v) is 21.2. The Bertz CT molecular complexity index is 902. The lowest BCUT2D eigenvalue weighted by atomic mass is 9.90. The van der Waals surface area contributed by atoms with Crippen molar-refractivity contribution in [3.8, 4) is 0 Å². The van der Waals surface area contributed by atoms with Crippen molar-refractivity contribution in [2.45, 2.75) is 162 Å². The minimum atomic E-state index is -2.43. The van der Waals surface area contributed by atoms with Crippen LogP contribution in [0.5, 0.6) is 0 Å². The van der Waals surface area contributed by atoms with Gasteiger partial charge in [-0.1, -0.05) is 75.3 Å². The van der Waals surface area contributed by atoms with E-state index in [0.29, 0.717) is 6.42 Å². The normalized spacial score (nSPS) is 22.1. The number of carbonyl (C=O) groups is 3. The van der Waals surface area contributed by atoms with Gasteiger partial charge in [-0.15, -0.1) is 0 Å². The lowest BCUT2D eigenvalue weighted by molar-refractivity contribution is -0.144. The summed E-state index contributed by atoms with van der Waals surface area (Å²) in [6, 6.07) is 0. The number of hydrogen-bond acceptors (Lipinski definition) is 6. The van der Waals surface area contributed by atoms with Crippen LogP contribution in [0.25, 0.3) is 0 Å². The molecule has 1 aliphatic heterocycles. The molecule has 0 aromatic heterocycles. The van der Waals surface area contributed by atoms with Crippen LogP contribution in [0.15, 0.2) is 12.2 Å². The number of nitrogens with one attached hydrogen (secondary N) is 1. The zero-order valence-corrected chi connectivity index (χ0v) is 31.3. The van der Waals surface area contributed by atoms with Gasteiger partial charge in [-0.3, -0.25) is 14.4 Å². The Labute approximate surface area is 259 Å². The van der Waals surface area contributed by atoms with Crippen molar-refractivity contribution >= 4 is 34.3 Å². The van der Waals surface area contributed by atoms with Crippen molar-refractivity contribution in [2.24, 2.45) is 11.8 Å². The van der Waals surface area contributed by atoms with Crippen molar-refractivity contribution in [2.75, 3.05) is 6.54 Å². The molecule has 0 spiro atoms. The molecule has 244 valence electrons. The zero-order valence-electron chi connectivity index (χ0n) is 29.3. The Morgan fingerprint density at radius 1 is 0.952 bits per heavy atom. The SMILES string of the molecule is C/C=C/C(=O)C[C@@H]1CC[C@H](C)[C@H](CC(=O)NC[C@H](O[Si](C)(C)C(C)(C)C)[C@H](C)C(=O)O[Si](C(C)C)(C(C)C)C(C)C)O1. The maximum absolute atomic E-state index is 13.8. The Morgan fingerprint density at radius 3 is 1.98 bits per heavy atom. The van der Waals surface area contributed by atoms with Gasteiger partial charge in [-0.2, -0.15) is 0 Å². The number of rotatable bonds is 15. The van der Waals surface area contributed by atoms with Crippen LogP contribution in [0.1, 0.15) is 109 Å². The van der Waals surface area contributed by atoms with Crippen LogP contribution >= 0.6 is 0 Å². The molecule has 1 amide bonds. The van der Waals surface area contributed by atoms with E-state index < -0.39 is 28.7 Å². The van der Waals surface area contributed by atoms with E-state index in [1.807, 2.05) is 13.8 Å². The minimum absolute atomic E-state index is 0.0474. The molecule has 1 rings (SSSR count). The lowest BCUT2D eigenvalue weighted by Gasteiger charge is -2.44. The summed E-state index contributed by atoms with van der Waals surface area (Å²) in [4.78, 5) is 39.1. The van der Waals surface area contributed by atoms with Gasteiger partial charge in [-0.25, -0.2) is 0 Å². The van der Waals surface area contributed by atoms with E-state index in [2.05, 4.69) is 87.6 Å². The number of ether oxygens (including phenoxy) is 1. The van der Waals surface area contributed by atoms with E-state index in [-0.39, 0.29) is 70.4 Å². The molecule has 9 heteroatoms. The van der Waals surface area contributed by atoms with E-state index >= 15 is 0 Å². The van der Waals surface area contributed by atoms with Crippen molar-refractivity contribution in [3.05, 3.63) is 12.2 Å². The smallest absolute Gasteiger partial charge is 0.298 e. The third-order valence-electron chi connectivity index (χ3n) is 9.78. The molecule has 1 fully saturated rings. The number of allylic oxidation sites excluding steroid dienone is 2. The maximum Gasteiger partial charge on any atom is 0.298 e. The second-order valence-electron chi connectivity index (χ2n) is 15.0. The van der Waals surface area contributed by atoms with Crippen LogP contribution < -0.4 is 5.32 Å². The Morgan fingerprint density at radius 2 is 1.50 bits per heavy atom. The van der Waals surface area contributed by atoms with Gasteiger partial charge < -0.3 is 18.9 Å². The predicted octanol–water partition coefficient (Wildman–Crippen LogP) is 7.96. The van der Waals surface area contributed by atoms with Gasteiger partial charge >= 0.3 is 0 Å². The Balaban J connectivity index is 3.09. The first kappa shape index (κ1) is 38.7. The topological polar surface area (TPSA) is 90.9 Å². The molecule has 0 aromatic carbocycles. The number of ketones is 1. The molecule has 42 heavy (non-hydrogen) atoms. The van der Waals surface area contributed by atoms with Gasteiger partial charge in [0, 0.05) is 13.0 Å². The van der Waals surface area contributed by atoms with E-state index in [4.69, 9.17) is 13.6 Å². The van der Waals surface area contributed by atoms with Crippen LogP contribution in [0.3, 0.4) is 0 Å². The van der Waals surface area contributed by atoms with Gasteiger partial charge in [0.1, 0.15) is 0 Å². The quantitative estimate of drug-likeness (QED) is 0.147. The number of hydrogen-bond donors (Lipinski definition) is 1. The fourth-order valence-electron chi connectivity index (χ4n) is 6.08. The minimum Gasteiger partial charge on any atom is -0.518 e. The van der Waals surface area contributed by atoms with Gasteiger partial charge in [0.15, 0.2) is 14.1 Å². The van der Waals surface area contributed by atoms with Gasteiger partial charge in [0.25, 0.3) is 14.3 Å². The fourth-order valence-corrected chi connectivity index (χ4v) is 12.7. The van der Waals surface area contributed by atoms with Gasteiger partial charge in [0.2, 0.25) is 5.91 Å². The van der Waals surface area contributed by atoms with Crippen molar-refractivity contribution in [3.63, 3.8) is 0 Å². The molecule has 1 N–H and O–H groups in total. The van der Waals surface area contributed by atoms with E-state index in [1.165, 1.54) is 0 Å². The average Bonchev–Trinajstić information content (AvgIpc) is 2.85. The standard InChI is InChI=1S/C33H63NO6Si2/c1-15-16-27(35)19-28-18-17-25(8)29(38-28)20-31(36)34-21-30(39-41(13,14)33(10,11)12)26(9)32(37)40-42(22(2)3,23(4)5)24(6)7/h15-16,22-26,28-30H,17-21H2,1-14H3,(H,34,36)/b16-15+/t25-,26-,28-,29-,30-/m0/s1. The van der Waals surface area contributed by atoms with E-state index in [9.17, 15) is 14.4 Å². The molecule has 0 unspecified atom stereocenters. The average molecular weight is 626 g/mol. The van der Waals surface area contributed by atoms with E-state index in [1.54, 1.807) is 12.2 Å². The van der Waals surface area contributed by atoms with Gasteiger partial charge in [-0.05, 0) is 73.4 Å². The van der Waals surface area contributed by atoms with Crippen molar-refractivity contribution < 1.29 is 28.0 Å². The molecule has 1 heterocycles. The third-order valence-corrected chi connectivity index (χ3v) is 20.3. The molecular formula is C33H63NO6Si2. The fraction of sp³-hybridized carbons (Fsp3) is 0.848.